The summed E-state index contributed by atoms with van der Waals surface area (Å²) in [5.74, 6) is 0. The highest BCUT2D eigenvalue weighted by molar-refractivity contribution is 7.80. The zero-order chi connectivity index (χ0) is 25.0. The van der Waals surface area contributed by atoms with Crippen LogP contribution >= 0.6 is 23.8 Å². The lowest BCUT2D eigenvalue weighted by Crippen LogP contribution is -2.49. The van der Waals surface area contributed by atoms with Gasteiger partial charge in [0.05, 0.1) is 18.3 Å². The Bertz CT molecular complexity index is 1000. The lowest BCUT2D eigenvalue weighted by atomic mass is 9.92. The van der Waals surface area contributed by atoms with Gasteiger partial charge in [-0.05, 0) is 68.1 Å². The summed E-state index contributed by atoms with van der Waals surface area (Å²) >= 11 is 11.6. The molecule has 0 atom stereocenters. The molecule has 1 saturated carbocycles. The fourth-order valence-corrected chi connectivity index (χ4v) is 5.02. The summed E-state index contributed by atoms with van der Waals surface area (Å²) in [6.07, 6.45) is -1.03. The van der Waals surface area contributed by atoms with E-state index in [0.29, 0.717) is 12.3 Å². The molecule has 2 aromatic rings. The Morgan fingerprint density at radius 3 is 2.31 bits per heavy atom. The van der Waals surface area contributed by atoms with Gasteiger partial charge in [0.1, 0.15) is 4.99 Å². The van der Waals surface area contributed by atoms with Crippen molar-refractivity contribution in [1.82, 2.24) is 4.90 Å². The van der Waals surface area contributed by atoms with Crippen molar-refractivity contribution in [3.8, 4) is 0 Å². The standard InChI is InChI=1S/C25H30ClF3N4OS/c26-17-1-6-20(7-2-17)32-11-13-33(14-12-32)24(35)16-34-21-8-3-18(4-9-21)31-19-5-10-23(30)22(15-19)25(27,28)29/h1-2,5-7,10,15,18,21,31H,3-4,8-9,11-14,16,30H2. The zero-order valence-electron chi connectivity index (χ0n) is 19.4. The van der Waals surface area contributed by atoms with E-state index in [-0.39, 0.29) is 17.8 Å². The number of halogens is 4. The van der Waals surface area contributed by atoms with Gasteiger partial charge in [0.25, 0.3) is 0 Å². The van der Waals surface area contributed by atoms with Gasteiger partial charge < -0.3 is 25.6 Å². The first-order chi connectivity index (χ1) is 16.7. The van der Waals surface area contributed by atoms with E-state index in [9.17, 15) is 13.2 Å². The highest BCUT2D eigenvalue weighted by Gasteiger charge is 2.33. The normalized spacial score (nSPS) is 21.1. The van der Waals surface area contributed by atoms with Gasteiger partial charge in [0.15, 0.2) is 0 Å². The molecule has 0 radical (unpaired) electrons. The van der Waals surface area contributed by atoms with Crippen molar-refractivity contribution in [2.24, 2.45) is 0 Å². The van der Waals surface area contributed by atoms with Crippen LogP contribution in [-0.2, 0) is 10.9 Å². The van der Waals surface area contributed by atoms with Crippen molar-refractivity contribution in [3.63, 3.8) is 0 Å². The summed E-state index contributed by atoms with van der Waals surface area (Å²) < 4.78 is 45.4. The molecule has 1 heterocycles. The van der Waals surface area contributed by atoms with Crippen LogP contribution < -0.4 is 16.0 Å². The minimum atomic E-state index is -4.46. The highest BCUT2D eigenvalue weighted by Crippen LogP contribution is 2.36. The summed E-state index contributed by atoms with van der Waals surface area (Å²) in [6.45, 7) is 3.90. The molecule has 5 nitrogen and oxygen atoms in total. The lowest BCUT2D eigenvalue weighted by Gasteiger charge is -2.38. The van der Waals surface area contributed by atoms with Crippen LogP contribution in [0.4, 0.5) is 30.2 Å². The van der Waals surface area contributed by atoms with Gasteiger partial charge in [-0.2, -0.15) is 13.2 Å². The number of hydrogen-bond acceptors (Lipinski definition) is 5. The minimum Gasteiger partial charge on any atom is -0.398 e. The number of thiocarbonyl (C=S) groups is 1. The molecule has 0 unspecified atom stereocenters. The smallest absolute Gasteiger partial charge is 0.398 e. The lowest BCUT2D eigenvalue weighted by molar-refractivity contribution is -0.136. The number of hydrogen-bond donors (Lipinski definition) is 2. The van der Waals surface area contributed by atoms with E-state index in [1.54, 1.807) is 6.07 Å². The molecule has 2 aromatic carbocycles. The molecule has 2 fully saturated rings. The average molecular weight is 527 g/mol. The maximum Gasteiger partial charge on any atom is 0.418 e. The van der Waals surface area contributed by atoms with Crippen LogP contribution in [0.1, 0.15) is 31.2 Å². The quantitative estimate of drug-likeness (QED) is 0.365. The van der Waals surface area contributed by atoms with Crippen LogP contribution in [0.2, 0.25) is 5.02 Å². The first-order valence-electron chi connectivity index (χ1n) is 11.8. The van der Waals surface area contributed by atoms with Crippen LogP contribution in [0, 0.1) is 0 Å². The van der Waals surface area contributed by atoms with Crippen molar-refractivity contribution in [2.45, 2.75) is 44.0 Å². The molecule has 0 amide bonds. The number of ether oxygens (including phenoxy) is 1. The second-order valence-corrected chi connectivity index (χ2v) is 9.98. The topological polar surface area (TPSA) is 53.8 Å². The SMILES string of the molecule is Nc1ccc(NC2CCC(OCC(=S)N3CCN(c4ccc(Cl)cc4)CC3)CC2)cc1C(F)(F)F. The van der Waals surface area contributed by atoms with Gasteiger partial charge in [-0.3, -0.25) is 0 Å². The van der Waals surface area contributed by atoms with Crippen LogP contribution in [0.3, 0.4) is 0 Å². The van der Waals surface area contributed by atoms with E-state index in [1.165, 1.54) is 6.07 Å². The molecule has 1 saturated heterocycles. The second-order valence-electron chi connectivity index (χ2n) is 9.07. The number of rotatable bonds is 6. The second kappa shape index (κ2) is 11.2. The predicted octanol–water partition coefficient (Wildman–Crippen LogP) is 5.83. The molecule has 0 bridgehead atoms. The van der Waals surface area contributed by atoms with Crippen molar-refractivity contribution in [1.29, 1.82) is 0 Å². The van der Waals surface area contributed by atoms with Crippen molar-refractivity contribution in [2.75, 3.05) is 48.7 Å². The molecular formula is C25H30ClF3N4OS. The van der Waals surface area contributed by atoms with Gasteiger partial charge in [-0.1, -0.05) is 23.8 Å². The van der Waals surface area contributed by atoms with E-state index < -0.39 is 11.7 Å². The summed E-state index contributed by atoms with van der Waals surface area (Å²) in [6, 6.07) is 12.0. The largest absolute Gasteiger partial charge is 0.418 e. The van der Waals surface area contributed by atoms with E-state index in [4.69, 9.17) is 34.3 Å². The first kappa shape index (κ1) is 25.9. The number of nitrogen functional groups attached to an aromatic ring is 1. The Kier molecular flexibility index (Phi) is 8.29. The molecule has 10 heteroatoms. The Balaban J connectivity index is 1.17. The number of piperazine rings is 1. The van der Waals surface area contributed by atoms with E-state index in [1.807, 2.05) is 24.3 Å². The molecule has 1 aliphatic carbocycles. The van der Waals surface area contributed by atoms with Crippen LogP contribution in [0.15, 0.2) is 42.5 Å². The number of nitrogens with two attached hydrogens (primary N) is 1. The molecule has 1 aliphatic heterocycles. The van der Waals surface area contributed by atoms with Crippen LogP contribution in [0.5, 0.6) is 0 Å². The number of nitrogens with zero attached hydrogens (tertiary/aromatic N) is 2. The fourth-order valence-electron chi connectivity index (χ4n) is 4.65. The monoisotopic (exact) mass is 526 g/mol. The average Bonchev–Trinajstić information content (AvgIpc) is 2.84. The molecule has 0 aromatic heterocycles. The maximum atomic E-state index is 13.1. The Morgan fingerprint density at radius 2 is 1.69 bits per heavy atom. The molecule has 35 heavy (non-hydrogen) atoms. The number of anilines is 3. The minimum absolute atomic E-state index is 0.104. The van der Waals surface area contributed by atoms with E-state index >= 15 is 0 Å². The van der Waals surface area contributed by atoms with Crippen molar-refractivity contribution >= 4 is 45.9 Å². The Hall–Kier alpha value is -2.23. The molecule has 4 rings (SSSR count). The third-order valence-corrected chi connectivity index (χ3v) is 7.30. The number of nitrogens with one attached hydrogen (secondary N) is 1. The molecule has 2 aliphatic rings. The first-order valence-corrected chi connectivity index (χ1v) is 12.6. The molecule has 0 spiro atoms. The Labute approximate surface area is 214 Å². The predicted molar refractivity (Wildman–Crippen MR) is 139 cm³/mol. The zero-order valence-corrected chi connectivity index (χ0v) is 20.9. The number of alkyl halides is 3. The third kappa shape index (κ3) is 6.92. The Morgan fingerprint density at radius 1 is 1.03 bits per heavy atom. The van der Waals surface area contributed by atoms with Crippen molar-refractivity contribution in [3.05, 3.63) is 53.1 Å². The van der Waals surface area contributed by atoms with Gasteiger partial charge in [-0.25, -0.2) is 0 Å². The summed E-state index contributed by atoms with van der Waals surface area (Å²) in [7, 11) is 0. The van der Waals surface area contributed by atoms with Gasteiger partial charge in [-0.15, -0.1) is 0 Å². The summed E-state index contributed by atoms with van der Waals surface area (Å²) in [4.78, 5) is 5.35. The van der Waals surface area contributed by atoms with Gasteiger partial charge in [0, 0.05) is 54.3 Å². The number of benzene rings is 2. The van der Waals surface area contributed by atoms with Crippen LogP contribution in [0.25, 0.3) is 0 Å². The molecular weight excluding hydrogens is 497 g/mol. The van der Waals surface area contributed by atoms with Crippen molar-refractivity contribution < 1.29 is 17.9 Å². The van der Waals surface area contributed by atoms with Gasteiger partial charge >= 0.3 is 6.18 Å². The highest BCUT2D eigenvalue weighted by atomic mass is 35.5. The summed E-state index contributed by atoms with van der Waals surface area (Å²) in [5.41, 5.74) is 6.03. The third-order valence-electron chi connectivity index (χ3n) is 6.67. The molecule has 3 N–H and O–H groups in total. The van der Waals surface area contributed by atoms with E-state index in [0.717, 1.165) is 73.6 Å². The maximum absolute atomic E-state index is 13.1. The summed E-state index contributed by atoms with van der Waals surface area (Å²) in [5, 5.41) is 3.95. The molecule has 190 valence electrons. The van der Waals surface area contributed by atoms with Gasteiger partial charge in [0.2, 0.25) is 0 Å². The fraction of sp³-hybridized carbons (Fsp3) is 0.480. The van der Waals surface area contributed by atoms with Crippen LogP contribution in [-0.4, -0.2) is 54.8 Å². The van der Waals surface area contributed by atoms with E-state index in [2.05, 4.69) is 15.1 Å².